The smallest absolute Gasteiger partial charge is 0.305 e. The second-order valence-corrected chi connectivity index (χ2v) is 5.24. The zero-order valence-electron chi connectivity index (χ0n) is 12.0. The fraction of sp³-hybridized carbons (Fsp3) is 0.400. The van der Waals surface area contributed by atoms with Crippen LogP contribution in [0.4, 0.5) is 5.69 Å². The number of nitrogens with one attached hydrogen (secondary N) is 1. The van der Waals surface area contributed by atoms with E-state index in [4.69, 9.17) is 5.11 Å². The summed E-state index contributed by atoms with van der Waals surface area (Å²) < 4.78 is 0. The molecular weight excluding hydrogens is 272 g/mol. The number of carbonyl (C=O) groups excluding carboxylic acids is 2. The van der Waals surface area contributed by atoms with Gasteiger partial charge >= 0.3 is 5.97 Å². The SMILES string of the molecule is CC(=O)N1CCc2cc(C(=O)NC(C)CC(=O)O)ccc21. The third kappa shape index (κ3) is 3.39. The van der Waals surface area contributed by atoms with Gasteiger partial charge < -0.3 is 15.3 Å². The molecule has 1 atom stereocenters. The number of nitrogens with zero attached hydrogens (tertiary/aromatic N) is 1. The highest BCUT2D eigenvalue weighted by atomic mass is 16.4. The minimum absolute atomic E-state index is 0.0129. The van der Waals surface area contributed by atoms with E-state index in [2.05, 4.69) is 5.32 Å². The van der Waals surface area contributed by atoms with Crippen LogP contribution >= 0.6 is 0 Å². The molecule has 112 valence electrons. The summed E-state index contributed by atoms with van der Waals surface area (Å²) in [5.41, 5.74) is 2.29. The first-order chi connectivity index (χ1) is 9.88. The highest BCUT2D eigenvalue weighted by Gasteiger charge is 2.23. The summed E-state index contributed by atoms with van der Waals surface area (Å²) in [4.78, 5) is 35.8. The first-order valence-corrected chi connectivity index (χ1v) is 6.82. The Bertz CT molecular complexity index is 597. The van der Waals surface area contributed by atoms with Crippen LogP contribution in [0.15, 0.2) is 18.2 Å². The number of anilines is 1. The molecule has 2 rings (SSSR count). The number of rotatable bonds is 4. The van der Waals surface area contributed by atoms with Crippen molar-refractivity contribution in [2.45, 2.75) is 32.7 Å². The molecule has 0 aromatic heterocycles. The molecule has 2 amide bonds. The van der Waals surface area contributed by atoms with Gasteiger partial charge in [-0.2, -0.15) is 0 Å². The van der Waals surface area contributed by atoms with Crippen LogP contribution in [0.3, 0.4) is 0 Å². The van der Waals surface area contributed by atoms with Crippen LogP contribution in [-0.2, 0) is 16.0 Å². The lowest BCUT2D eigenvalue weighted by Gasteiger charge is -2.15. The molecule has 1 aliphatic heterocycles. The predicted molar refractivity (Wildman–Crippen MR) is 77.4 cm³/mol. The molecule has 0 aliphatic carbocycles. The molecule has 0 bridgehead atoms. The van der Waals surface area contributed by atoms with E-state index in [1.807, 2.05) is 0 Å². The van der Waals surface area contributed by atoms with Gasteiger partial charge in [0.1, 0.15) is 0 Å². The maximum Gasteiger partial charge on any atom is 0.305 e. The van der Waals surface area contributed by atoms with Gasteiger partial charge in [-0.1, -0.05) is 0 Å². The van der Waals surface area contributed by atoms with Crippen LogP contribution in [0.25, 0.3) is 0 Å². The standard InChI is InChI=1S/C15H18N2O4/c1-9(7-14(19)20)16-15(21)12-3-4-13-11(8-12)5-6-17(13)10(2)18/h3-4,8-9H,5-7H2,1-2H3,(H,16,21)(H,19,20). The molecule has 21 heavy (non-hydrogen) atoms. The minimum Gasteiger partial charge on any atom is -0.481 e. The van der Waals surface area contributed by atoms with E-state index in [0.717, 1.165) is 17.7 Å². The molecule has 0 spiro atoms. The Balaban J connectivity index is 2.11. The van der Waals surface area contributed by atoms with Crippen molar-refractivity contribution in [3.63, 3.8) is 0 Å². The fourth-order valence-corrected chi connectivity index (χ4v) is 2.49. The van der Waals surface area contributed by atoms with Gasteiger partial charge in [0.05, 0.1) is 6.42 Å². The van der Waals surface area contributed by atoms with Crippen molar-refractivity contribution in [1.29, 1.82) is 0 Å². The zero-order valence-corrected chi connectivity index (χ0v) is 12.0. The predicted octanol–water partition coefficient (Wildman–Crippen LogP) is 1.19. The molecule has 1 aliphatic rings. The van der Waals surface area contributed by atoms with E-state index in [0.29, 0.717) is 12.1 Å². The monoisotopic (exact) mass is 290 g/mol. The fourth-order valence-electron chi connectivity index (χ4n) is 2.49. The summed E-state index contributed by atoms with van der Waals surface area (Å²) in [6, 6.07) is 4.75. The Morgan fingerprint density at radius 1 is 1.38 bits per heavy atom. The molecule has 1 heterocycles. The van der Waals surface area contributed by atoms with Crippen molar-refractivity contribution in [1.82, 2.24) is 5.32 Å². The molecule has 0 saturated heterocycles. The van der Waals surface area contributed by atoms with Gasteiger partial charge in [0.15, 0.2) is 0 Å². The quantitative estimate of drug-likeness (QED) is 0.872. The molecule has 1 aromatic rings. The number of hydrogen-bond acceptors (Lipinski definition) is 3. The van der Waals surface area contributed by atoms with Crippen molar-refractivity contribution in [3.8, 4) is 0 Å². The average Bonchev–Trinajstić information content (AvgIpc) is 2.80. The average molecular weight is 290 g/mol. The molecule has 0 fully saturated rings. The number of carboxylic acid groups (broad SMARTS) is 1. The van der Waals surface area contributed by atoms with Crippen molar-refractivity contribution < 1.29 is 19.5 Å². The topological polar surface area (TPSA) is 86.7 Å². The van der Waals surface area contributed by atoms with Crippen LogP contribution in [0.1, 0.15) is 36.2 Å². The first-order valence-electron chi connectivity index (χ1n) is 6.82. The van der Waals surface area contributed by atoms with Gasteiger partial charge in [0, 0.05) is 30.8 Å². The van der Waals surface area contributed by atoms with Gasteiger partial charge in [-0.05, 0) is 37.1 Å². The number of carboxylic acids is 1. The van der Waals surface area contributed by atoms with E-state index in [9.17, 15) is 14.4 Å². The molecule has 2 N–H and O–H groups in total. The summed E-state index contributed by atoms with van der Waals surface area (Å²) in [6.45, 7) is 3.80. The third-order valence-corrected chi connectivity index (χ3v) is 3.48. The molecule has 1 aromatic carbocycles. The normalized spacial score (nSPS) is 14.5. The summed E-state index contributed by atoms with van der Waals surface area (Å²) in [5.74, 6) is -1.26. The molecule has 6 nitrogen and oxygen atoms in total. The number of aliphatic carboxylic acids is 1. The summed E-state index contributed by atoms with van der Waals surface area (Å²) in [6.07, 6.45) is 0.607. The largest absolute Gasteiger partial charge is 0.481 e. The van der Waals surface area contributed by atoms with Crippen LogP contribution in [0.5, 0.6) is 0 Å². The van der Waals surface area contributed by atoms with Gasteiger partial charge in [-0.3, -0.25) is 14.4 Å². The molecular formula is C15H18N2O4. The van der Waals surface area contributed by atoms with Gasteiger partial charge in [0.25, 0.3) is 5.91 Å². The van der Waals surface area contributed by atoms with Crippen molar-refractivity contribution in [3.05, 3.63) is 29.3 Å². The Morgan fingerprint density at radius 3 is 2.71 bits per heavy atom. The van der Waals surface area contributed by atoms with Gasteiger partial charge in [-0.15, -0.1) is 0 Å². The van der Waals surface area contributed by atoms with Crippen molar-refractivity contribution in [2.75, 3.05) is 11.4 Å². The highest BCUT2D eigenvalue weighted by molar-refractivity contribution is 5.98. The van der Waals surface area contributed by atoms with E-state index < -0.39 is 12.0 Å². The summed E-state index contributed by atoms with van der Waals surface area (Å²) in [7, 11) is 0. The second-order valence-electron chi connectivity index (χ2n) is 5.24. The number of hydrogen-bond donors (Lipinski definition) is 2. The number of benzene rings is 1. The molecule has 0 radical (unpaired) electrons. The minimum atomic E-state index is -0.950. The van der Waals surface area contributed by atoms with Crippen LogP contribution in [0, 0.1) is 0 Å². The zero-order chi connectivity index (χ0) is 15.6. The van der Waals surface area contributed by atoms with Crippen LogP contribution < -0.4 is 10.2 Å². The Morgan fingerprint density at radius 2 is 2.10 bits per heavy atom. The Hall–Kier alpha value is -2.37. The van der Waals surface area contributed by atoms with Crippen LogP contribution in [0.2, 0.25) is 0 Å². The highest BCUT2D eigenvalue weighted by Crippen LogP contribution is 2.28. The lowest BCUT2D eigenvalue weighted by Crippen LogP contribution is -2.34. The van der Waals surface area contributed by atoms with E-state index in [1.54, 1.807) is 30.0 Å². The molecule has 1 unspecified atom stereocenters. The number of fused-ring (bicyclic) bond motifs is 1. The second kappa shape index (κ2) is 5.95. The number of carbonyl (C=O) groups is 3. The summed E-state index contributed by atoms with van der Waals surface area (Å²) in [5, 5.41) is 11.3. The molecule has 6 heteroatoms. The lowest BCUT2D eigenvalue weighted by molar-refractivity contribution is -0.137. The third-order valence-electron chi connectivity index (χ3n) is 3.48. The van der Waals surface area contributed by atoms with Crippen LogP contribution in [-0.4, -0.2) is 35.5 Å². The van der Waals surface area contributed by atoms with E-state index >= 15 is 0 Å². The van der Waals surface area contributed by atoms with Crippen molar-refractivity contribution >= 4 is 23.5 Å². The maximum atomic E-state index is 12.1. The van der Waals surface area contributed by atoms with E-state index in [-0.39, 0.29) is 18.2 Å². The summed E-state index contributed by atoms with van der Waals surface area (Å²) >= 11 is 0. The lowest BCUT2D eigenvalue weighted by atomic mass is 10.1. The maximum absolute atomic E-state index is 12.1. The Kier molecular flexibility index (Phi) is 4.26. The van der Waals surface area contributed by atoms with Crippen molar-refractivity contribution in [2.24, 2.45) is 0 Å². The first kappa shape index (κ1) is 15.0. The van der Waals surface area contributed by atoms with Gasteiger partial charge in [-0.25, -0.2) is 0 Å². The van der Waals surface area contributed by atoms with Gasteiger partial charge in [0.2, 0.25) is 5.91 Å². The number of amides is 2. The molecule has 0 saturated carbocycles. The van der Waals surface area contributed by atoms with E-state index in [1.165, 1.54) is 6.92 Å². The Labute approximate surface area is 122 Å².